The van der Waals surface area contributed by atoms with Crippen LogP contribution in [0.15, 0.2) is 35.9 Å². The zero-order chi connectivity index (χ0) is 17.2. The lowest BCUT2D eigenvalue weighted by molar-refractivity contribution is 0.317. The van der Waals surface area contributed by atoms with Crippen LogP contribution >= 0.6 is 0 Å². The highest BCUT2D eigenvalue weighted by molar-refractivity contribution is 5.31. The third-order valence-corrected chi connectivity index (χ3v) is 5.40. The number of rotatable bonds is 10. The summed E-state index contributed by atoms with van der Waals surface area (Å²) in [5.41, 5.74) is 3.21. The summed E-state index contributed by atoms with van der Waals surface area (Å²) in [6.07, 6.45) is 14.1. The molecular weight excluding hydrogens is 292 g/mol. The molecule has 0 fully saturated rings. The summed E-state index contributed by atoms with van der Waals surface area (Å²) in [5, 5.41) is 0. The van der Waals surface area contributed by atoms with E-state index in [0.29, 0.717) is 5.92 Å². The van der Waals surface area contributed by atoms with Crippen molar-refractivity contribution in [2.24, 2.45) is 5.92 Å². The SMILES string of the molecule is CCCOc1ccc(C(CC2=CCCCC2)C(CC)CCC)cc1. The van der Waals surface area contributed by atoms with Crippen LogP contribution in [0, 0.1) is 5.92 Å². The Morgan fingerprint density at radius 1 is 1.00 bits per heavy atom. The Hall–Kier alpha value is -1.24. The molecule has 0 aromatic heterocycles. The van der Waals surface area contributed by atoms with Gasteiger partial charge in [-0.2, -0.15) is 0 Å². The van der Waals surface area contributed by atoms with E-state index in [1.807, 2.05) is 0 Å². The van der Waals surface area contributed by atoms with Gasteiger partial charge in [0.2, 0.25) is 0 Å². The molecule has 0 heterocycles. The van der Waals surface area contributed by atoms with Crippen molar-refractivity contribution >= 4 is 0 Å². The third-order valence-electron chi connectivity index (χ3n) is 5.40. The molecule has 0 aliphatic heterocycles. The summed E-state index contributed by atoms with van der Waals surface area (Å²) in [4.78, 5) is 0. The second-order valence-electron chi connectivity index (χ2n) is 7.29. The van der Waals surface area contributed by atoms with Gasteiger partial charge in [0.05, 0.1) is 6.61 Å². The van der Waals surface area contributed by atoms with Gasteiger partial charge in [-0.25, -0.2) is 0 Å². The fourth-order valence-corrected chi connectivity index (χ4v) is 4.02. The Labute approximate surface area is 149 Å². The van der Waals surface area contributed by atoms with Gasteiger partial charge in [0.25, 0.3) is 0 Å². The van der Waals surface area contributed by atoms with E-state index in [9.17, 15) is 0 Å². The molecule has 1 aliphatic rings. The number of hydrogen-bond acceptors (Lipinski definition) is 1. The molecule has 0 N–H and O–H groups in total. The lowest BCUT2D eigenvalue weighted by atomic mass is 9.76. The van der Waals surface area contributed by atoms with E-state index in [-0.39, 0.29) is 0 Å². The van der Waals surface area contributed by atoms with Crippen LogP contribution in [0.1, 0.15) is 90.0 Å². The first kappa shape index (κ1) is 19.1. The molecule has 1 nitrogen and oxygen atoms in total. The molecule has 2 atom stereocenters. The molecule has 0 saturated carbocycles. The average Bonchev–Trinajstić information content (AvgIpc) is 2.64. The molecule has 134 valence electrons. The van der Waals surface area contributed by atoms with E-state index in [1.54, 1.807) is 5.57 Å². The lowest BCUT2D eigenvalue weighted by Gasteiger charge is -2.29. The van der Waals surface area contributed by atoms with Crippen LogP contribution in [0.5, 0.6) is 5.75 Å². The predicted molar refractivity (Wildman–Crippen MR) is 105 cm³/mol. The Morgan fingerprint density at radius 3 is 2.38 bits per heavy atom. The maximum Gasteiger partial charge on any atom is 0.119 e. The topological polar surface area (TPSA) is 9.23 Å². The Balaban J connectivity index is 2.15. The van der Waals surface area contributed by atoms with Gasteiger partial charge in [-0.1, -0.05) is 63.8 Å². The second kappa shape index (κ2) is 10.6. The van der Waals surface area contributed by atoms with Crippen LogP contribution < -0.4 is 4.74 Å². The van der Waals surface area contributed by atoms with Gasteiger partial charge in [0.1, 0.15) is 5.75 Å². The smallest absolute Gasteiger partial charge is 0.119 e. The maximum atomic E-state index is 5.76. The van der Waals surface area contributed by atoms with Crippen molar-refractivity contribution in [2.75, 3.05) is 6.61 Å². The predicted octanol–water partition coefficient (Wildman–Crippen LogP) is 7.28. The summed E-state index contributed by atoms with van der Waals surface area (Å²) in [6.45, 7) is 7.64. The number of ether oxygens (including phenoxy) is 1. The third kappa shape index (κ3) is 5.69. The summed E-state index contributed by atoms with van der Waals surface area (Å²) in [5.74, 6) is 2.47. The van der Waals surface area contributed by atoms with Crippen molar-refractivity contribution in [1.29, 1.82) is 0 Å². The summed E-state index contributed by atoms with van der Waals surface area (Å²) < 4.78 is 5.76. The largest absolute Gasteiger partial charge is 0.494 e. The van der Waals surface area contributed by atoms with Gasteiger partial charge in [-0.05, 0) is 68.1 Å². The molecule has 0 radical (unpaired) electrons. The normalized spacial score (nSPS) is 17.2. The highest BCUT2D eigenvalue weighted by Gasteiger charge is 2.23. The van der Waals surface area contributed by atoms with E-state index in [4.69, 9.17) is 4.74 Å². The van der Waals surface area contributed by atoms with Crippen LogP contribution in [-0.2, 0) is 0 Å². The Bertz CT molecular complexity index is 485. The quantitative estimate of drug-likeness (QED) is 0.410. The molecule has 24 heavy (non-hydrogen) atoms. The number of benzene rings is 1. The molecule has 0 spiro atoms. The van der Waals surface area contributed by atoms with Gasteiger partial charge in [-0.15, -0.1) is 0 Å². The molecule has 0 saturated heterocycles. The first-order valence-corrected chi connectivity index (χ1v) is 10.2. The molecule has 1 aromatic rings. The molecule has 2 rings (SSSR count). The van der Waals surface area contributed by atoms with Gasteiger partial charge < -0.3 is 4.74 Å². The maximum absolute atomic E-state index is 5.76. The van der Waals surface area contributed by atoms with E-state index >= 15 is 0 Å². The first-order valence-electron chi connectivity index (χ1n) is 10.2. The van der Waals surface area contributed by atoms with Gasteiger partial charge in [-0.3, -0.25) is 0 Å². The number of allylic oxidation sites excluding steroid dienone is 2. The van der Waals surface area contributed by atoms with Crippen molar-refractivity contribution in [2.45, 2.75) is 84.5 Å². The zero-order valence-electron chi connectivity index (χ0n) is 16.0. The molecule has 0 bridgehead atoms. The van der Waals surface area contributed by atoms with Crippen molar-refractivity contribution in [1.82, 2.24) is 0 Å². The van der Waals surface area contributed by atoms with E-state index in [2.05, 4.69) is 51.1 Å². The Morgan fingerprint density at radius 2 is 1.79 bits per heavy atom. The standard InChI is InChI=1S/C23H36O/c1-4-10-20(6-3)23(18-19-11-8-7-9-12-19)21-13-15-22(16-14-21)24-17-5-2/h11,13-16,20,23H,4-10,12,17-18H2,1-3H3. The first-order chi connectivity index (χ1) is 11.8. The molecule has 1 aliphatic carbocycles. The summed E-state index contributed by atoms with van der Waals surface area (Å²) in [6, 6.07) is 8.98. The molecule has 2 unspecified atom stereocenters. The van der Waals surface area contributed by atoms with Gasteiger partial charge >= 0.3 is 0 Å². The minimum atomic E-state index is 0.666. The molecule has 1 aromatic carbocycles. The average molecular weight is 329 g/mol. The lowest BCUT2D eigenvalue weighted by Crippen LogP contribution is -2.14. The fraction of sp³-hybridized carbons (Fsp3) is 0.652. The van der Waals surface area contributed by atoms with Gasteiger partial charge in [0, 0.05) is 0 Å². The van der Waals surface area contributed by atoms with Crippen molar-refractivity contribution < 1.29 is 4.74 Å². The fourth-order valence-electron chi connectivity index (χ4n) is 4.02. The van der Waals surface area contributed by atoms with Crippen LogP contribution in [0.25, 0.3) is 0 Å². The van der Waals surface area contributed by atoms with Crippen molar-refractivity contribution in [3.05, 3.63) is 41.5 Å². The Kier molecular flexibility index (Phi) is 8.42. The van der Waals surface area contributed by atoms with E-state index in [1.165, 1.54) is 56.9 Å². The highest BCUT2D eigenvalue weighted by atomic mass is 16.5. The van der Waals surface area contributed by atoms with Crippen LogP contribution in [0.2, 0.25) is 0 Å². The minimum Gasteiger partial charge on any atom is -0.494 e. The summed E-state index contributed by atoms with van der Waals surface area (Å²) in [7, 11) is 0. The van der Waals surface area contributed by atoms with Crippen LogP contribution in [0.3, 0.4) is 0 Å². The van der Waals surface area contributed by atoms with E-state index in [0.717, 1.165) is 24.7 Å². The monoisotopic (exact) mass is 328 g/mol. The molecule has 0 amide bonds. The van der Waals surface area contributed by atoms with Crippen molar-refractivity contribution in [3.8, 4) is 5.75 Å². The van der Waals surface area contributed by atoms with Crippen LogP contribution in [0.4, 0.5) is 0 Å². The van der Waals surface area contributed by atoms with E-state index < -0.39 is 0 Å². The number of hydrogen-bond donors (Lipinski definition) is 0. The second-order valence-corrected chi connectivity index (χ2v) is 7.29. The van der Waals surface area contributed by atoms with Crippen LogP contribution in [-0.4, -0.2) is 6.61 Å². The van der Waals surface area contributed by atoms with Crippen molar-refractivity contribution in [3.63, 3.8) is 0 Å². The highest BCUT2D eigenvalue weighted by Crippen LogP contribution is 2.38. The zero-order valence-corrected chi connectivity index (χ0v) is 16.0. The van der Waals surface area contributed by atoms with Gasteiger partial charge in [0.15, 0.2) is 0 Å². The molecule has 1 heteroatoms. The molecular formula is C23H36O. The summed E-state index contributed by atoms with van der Waals surface area (Å²) >= 11 is 0. The minimum absolute atomic E-state index is 0.666.